The molecule has 1 amide bonds. The molecule has 0 radical (unpaired) electrons. The highest BCUT2D eigenvalue weighted by Gasteiger charge is 2.38. The van der Waals surface area contributed by atoms with Crippen LogP contribution in [0.4, 0.5) is 0 Å². The molecule has 1 saturated carbocycles. The standard InChI is InChI=1S/C11H18N6O/c12-10-2-1-8-4-16(5-9(8)3-10)11(18)6-17-7-13-14-15-17/h7-10H,1-6,12H2/t8-,9+,10?/m0/s1. The highest BCUT2D eigenvalue weighted by atomic mass is 16.2. The van der Waals surface area contributed by atoms with Crippen molar-refractivity contribution < 1.29 is 4.79 Å². The predicted molar refractivity (Wildman–Crippen MR) is 63.2 cm³/mol. The number of hydrogen-bond donors (Lipinski definition) is 1. The summed E-state index contributed by atoms with van der Waals surface area (Å²) in [6, 6.07) is 0.320. The van der Waals surface area contributed by atoms with Crippen molar-refractivity contribution in [2.45, 2.75) is 31.8 Å². The number of tetrazole rings is 1. The Hall–Kier alpha value is -1.50. The molecule has 1 aromatic rings. The SMILES string of the molecule is NC1CC[C@H]2CN(C(=O)Cn3cnnn3)C[C@H]2C1. The van der Waals surface area contributed by atoms with E-state index in [0.717, 1.165) is 32.4 Å². The Balaban J connectivity index is 1.59. The fourth-order valence-corrected chi connectivity index (χ4v) is 3.16. The number of nitrogens with two attached hydrogens (primary N) is 1. The number of aromatic nitrogens is 4. The van der Waals surface area contributed by atoms with Gasteiger partial charge in [-0.3, -0.25) is 4.79 Å². The predicted octanol–water partition coefficient (Wildman–Crippen LogP) is -0.741. The Bertz CT molecular complexity index is 419. The molecule has 3 rings (SSSR count). The molecule has 3 atom stereocenters. The summed E-state index contributed by atoms with van der Waals surface area (Å²) in [4.78, 5) is 14.1. The lowest BCUT2D eigenvalue weighted by Gasteiger charge is -2.27. The first kappa shape index (κ1) is 11.6. The molecule has 2 N–H and O–H groups in total. The zero-order chi connectivity index (χ0) is 12.5. The molecule has 7 nitrogen and oxygen atoms in total. The van der Waals surface area contributed by atoms with Gasteiger partial charge in [-0.15, -0.1) is 5.10 Å². The van der Waals surface area contributed by atoms with Gasteiger partial charge < -0.3 is 10.6 Å². The van der Waals surface area contributed by atoms with Crippen molar-refractivity contribution in [3.05, 3.63) is 6.33 Å². The molecular formula is C11H18N6O. The summed E-state index contributed by atoms with van der Waals surface area (Å²) < 4.78 is 1.47. The second kappa shape index (κ2) is 4.64. The minimum atomic E-state index is 0.102. The number of likely N-dealkylation sites (tertiary alicyclic amines) is 1. The van der Waals surface area contributed by atoms with Gasteiger partial charge in [0.2, 0.25) is 5.91 Å². The number of amides is 1. The highest BCUT2D eigenvalue weighted by molar-refractivity contribution is 5.76. The lowest BCUT2D eigenvalue weighted by atomic mass is 9.79. The zero-order valence-electron chi connectivity index (χ0n) is 10.3. The first-order valence-corrected chi connectivity index (χ1v) is 6.46. The number of hydrogen-bond acceptors (Lipinski definition) is 5. The third-order valence-electron chi connectivity index (χ3n) is 4.13. The lowest BCUT2D eigenvalue weighted by Crippen LogP contribution is -2.33. The summed E-state index contributed by atoms with van der Waals surface area (Å²) >= 11 is 0. The second-order valence-corrected chi connectivity index (χ2v) is 5.40. The molecule has 7 heteroatoms. The van der Waals surface area contributed by atoms with Crippen LogP contribution in [-0.4, -0.2) is 50.1 Å². The molecule has 2 aliphatic rings. The molecule has 0 spiro atoms. The van der Waals surface area contributed by atoms with Crippen molar-refractivity contribution in [2.75, 3.05) is 13.1 Å². The smallest absolute Gasteiger partial charge is 0.244 e. The summed E-state index contributed by atoms with van der Waals surface area (Å²) in [5.41, 5.74) is 5.99. The first-order valence-electron chi connectivity index (χ1n) is 6.46. The Morgan fingerprint density at radius 3 is 2.94 bits per heavy atom. The van der Waals surface area contributed by atoms with Crippen molar-refractivity contribution in [1.82, 2.24) is 25.1 Å². The van der Waals surface area contributed by atoms with Gasteiger partial charge in [-0.05, 0) is 41.5 Å². The van der Waals surface area contributed by atoms with Crippen LogP contribution in [0.2, 0.25) is 0 Å². The fraction of sp³-hybridized carbons (Fsp3) is 0.818. The summed E-state index contributed by atoms with van der Waals surface area (Å²) in [6.07, 6.45) is 4.77. The van der Waals surface area contributed by atoms with Gasteiger partial charge in [-0.25, -0.2) is 4.68 Å². The highest BCUT2D eigenvalue weighted by Crippen LogP contribution is 2.35. The van der Waals surface area contributed by atoms with Crippen LogP contribution in [-0.2, 0) is 11.3 Å². The monoisotopic (exact) mass is 250 g/mol. The topological polar surface area (TPSA) is 89.9 Å². The molecule has 1 unspecified atom stereocenters. The minimum absolute atomic E-state index is 0.102. The molecule has 2 fully saturated rings. The van der Waals surface area contributed by atoms with Crippen LogP contribution < -0.4 is 5.73 Å². The van der Waals surface area contributed by atoms with E-state index in [-0.39, 0.29) is 12.5 Å². The Morgan fingerprint density at radius 1 is 1.33 bits per heavy atom. The largest absolute Gasteiger partial charge is 0.341 e. The van der Waals surface area contributed by atoms with Crippen LogP contribution in [0, 0.1) is 11.8 Å². The molecule has 98 valence electrons. The van der Waals surface area contributed by atoms with Crippen LogP contribution in [0.1, 0.15) is 19.3 Å². The molecule has 1 aromatic heterocycles. The van der Waals surface area contributed by atoms with E-state index in [1.54, 1.807) is 0 Å². The normalized spacial score (nSPS) is 31.4. The van der Waals surface area contributed by atoms with E-state index in [9.17, 15) is 4.79 Å². The van der Waals surface area contributed by atoms with Crippen LogP contribution in [0.15, 0.2) is 6.33 Å². The number of carbonyl (C=O) groups is 1. The van der Waals surface area contributed by atoms with Crippen LogP contribution >= 0.6 is 0 Å². The minimum Gasteiger partial charge on any atom is -0.341 e. The zero-order valence-corrected chi connectivity index (χ0v) is 10.3. The molecule has 0 bridgehead atoms. The summed E-state index contributed by atoms with van der Waals surface area (Å²) in [7, 11) is 0. The van der Waals surface area contributed by atoms with Gasteiger partial charge in [0.1, 0.15) is 12.9 Å². The van der Waals surface area contributed by atoms with Gasteiger partial charge >= 0.3 is 0 Å². The van der Waals surface area contributed by atoms with Crippen LogP contribution in [0.3, 0.4) is 0 Å². The van der Waals surface area contributed by atoms with Gasteiger partial charge in [0.25, 0.3) is 0 Å². The fourth-order valence-electron chi connectivity index (χ4n) is 3.16. The van der Waals surface area contributed by atoms with E-state index in [0.29, 0.717) is 17.9 Å². The van der Waals surface area contributed by atoms with Crippen LogP contribution in [0.5, 0.6) is 0 Å². The van der Waals surface area contributed by atoms with Crippen molar-refractivity contribution in [2.24, 2.45) is 17.6 Å². The van der Waals surface area contributed by atoms with E-state index in [2.05, 4.69) is 15.5 Å². The van der Waals surface area contributed by atoms with Crippen molar-refractivity contribution in [1.29, 1.82) is 0 Å². The number of nitrogens with zero attached hydrogens (tertiary/aromatic N) is 5. The Kier molecular flexibility index (Phi) is 2.99. The average Bonchev–Trinajstić information content (AvgIpc) is 2.96. The van der Waals surface area contributed by atoms with Gasteiger partial charge in [0.15, 0.2) is 0 Å². The summed E-state index contributed by atoms with van der Waals surface area (Å²) in [5, 5.41) is 10.8. The van der Waals surface area contributed by atoms with E-state index in [1.165, 1.54) is 11.0 Å². The number of fused-ring (bicyclic) bond motifs is 1. The molecule has 2 heterocycles. The molecule has 1 saturated heterocycles. The lowest BCUT2D eigenvalue weighted by molar-refractivity contribution is -0.131. The van der Waals surface area contributed by atoms with Crippen molar-refractivity contribution in [3.63, 3.8) is 0 Å². The van der Waals surface area contributed by atoms with Gasteiger partial charge in [-0.1, -0.05) is 0 Å². The molecule has 0 aromatic carbocycles. The molecule has 18 heavy (non-hydrogen) atoms. The van der Waals surface area contributed by atoms with E-state index in [4.69, 9.17) is 5.73 Å². The van der Waals surface area contributed by atoms with E-state index < -0.39 is 0 Å². The molecule has 1 aliphatic heterocycles. The summed E-state index contributed by atoms with van der Waals surface area (Å²) in [6.45, 7) is 1.95. The maximum Gasteiger partial charge on any atom is 0.244 e. The number of rotatable bonds is 2. The van der Waals surface area contributed by atoms with Gasteiger partial charge in [0, 0.05) is 19.1 Å². The van der Waals surface area contributed by atoms with Crippen molar-refractivity contribution in [3.8, 4) is 0 Å². The van der Waals surface area contributed by atoms with E-state index in [1.807, 2.05) is 4.90 Å². The molecular weight excluding hydrogens is 232 g/mol. The maximum atomic E-state index is 12.1. The Labute approximate surface area is 105 Å². The maximum absolute atomic E-state index is 12.1. The van der Waals surface area contributed by atoms with Gasteiger partial charge in [-0.2, -0.15) is 0 Å². The van der Waals surface area contributed by atoms with Crippen LogP contribution in [0.25, 0.3) is 0 Å². The van der Waals surface area contributed by atoms with Crippen molar-refractivity contribution >= 4 is 5.91 Å². The average molecular weight is 250 g/mol. The van der Waals surface area contributed by atoms with E-state index >= 15 is 0 Å². The molecule has 1 aliphatic carbocycles. The number of carbonyl (C=O) groups excluding carboxylic acids is 1. The third-order valence-corrected chi connectivity index (χ3v) is 4.13. The van der Waals surface area contributed by atoms with Gasteiger partial charge in [0.05, 0.1) is 0 Å². The summed E-state index contributed by atoms with van der Waals surface area (Å²) in [5.74, 6) is 1.33. The first-order chi connectivity index (χ1) is 8.72. The quantitative estimate of drug-likeness (QED) is 0.746. The Morgan fingerprint density at radius 2 is 2.17 bits per heavy atom. The third kappa shape index (κ3) is 2.22. The second-order valence-electron chi connectivity index (χ2n) is 5.40.